The normalized spacial score (nSPS) is 11.9. The first-order valence-electron chi connectivity index (χ1n) is 23.7. The summed E-state index contributed by atoms with van der Waals surface area (Å²) in [5, 5.41) is 3.16. The van der Waals surface area contributed by atoms with Crippen LogP contribution in [0.4, 0.5) is 0 Å². The second kappa shape index (κ2) is 26.6. The lowest BCUT2D eigenvalue weighted by molar-refractivity contribution is 0.535. The zero-order valence-electron chi connectivity index (χ0n) is 36.3. The molecule has 4 heterocycles. The fourth-order valence-corrected chi connectivity index (χ4v) is 13.2. The van der Waals surface area contributed by atoms with Crippen LogP contribution in [0.5, 0.6) is 0 Å². The number of unbranched alkanes of at least 4 members (excludes halogenated alkanes) is 26. The molecule has 56 heavy (non-hydrogen) atoms. The molecule has 0 saturated carbocycles. The Bertz CT molecular complexity index is 1590. The van der Waals surface area contributed by atoms with Crippen LogP contribution in [0.15, 0.2) is 36.4 Å². The van der Waals surface area contributed by atoms with E-state index >= 15 is 0 Å². The molecule has 4 aromatic heterocycles. The lowest BCUT2D eigenvalue weighted by atomic mass is 9.94. The first-order chi connectivity index (χ1) is 27.6. The van der Waals surface area contributed by atoms with Crippen molar-refractivity contribution in [1.82, 2.24) is 0 Å². The van der Waals surface area contributed by atoms with Gasteiger partial charge in [-0.05, 0) is 97.8 Å². The number of aryl methyl sites for hydroxylation is 4. The molecule has 0 atom stereocenters. The minimum absolute atomic E-state index is 1.22. The van der Waals surface area contributed by atoms with Crippen LogP contribution in [0.25, 0.3) is 39.7 Å². The summed E-state index contributed by atoms with van der Waals surface area (Å²) in [5.41, 5.74) is 3.30. The van der Waals surface area contributed by atoms with E-state index in [1.165, 1.54) is 222 Å². The number of fused-ring (bicyclic) bond motifs is 2. The average molecular weight is 831 g/mol. The number of thiophene rings is 4. The maximum absolute atomic E-state index is 2.60. The SMILES string of the molecule is CCCCCCCCCCCCCCCCc1c2cc(-c3ccc(C)s3)sc2c(CCCCCCCCCCCCCCCC)c2cc(-c3ccc(C)s3)sc12. The smallest absolute Gasteiger partial charge is 0.0455 e. The molecule has 0 N–H and O–H groups in total. The second-order valence-electron chi connectivity index (χ2n) is 17.2. The molecule has 5 rings (SSSR count). The van der Waals surface area contributed by atoms with E-state index in [9.17, 15) is 0 Å². The second-order valence-corrected chi connectivity index (χ2v) is 21.9. The van der Waals surface area contributed by atoms with E-state index in [1.807, 2.05) is 22.7 Å². The number of hydrogen-bond donors (Lipinski definition) is 0. The van der Waals surface area contributed by atoms with Crippen LogP contribution in [0.3, 0.4) is 0 Å². The standard InChI is InChI=1S/C52H78S4/c1-5-7-9-11-13-15-17-19-21-23-25-27-29-31-33-43-45-39-49(47-37-35-41(3)53-47)56-52(45)44(46-40-50(55-51(43)46)48-38-36-42(4)54-48)34-32-30-28-26-24-22-20-18-16-14-12-10-8-6-2/h35-40H,5-34H2,1-4H3. The first-order valence-corrected chi connectivity index (χ1v) is 27.0. The van der Waals surface area contributed by atoms with Gasteiger partial charge in [-0.1, -0.05) is 181 Å². The number of rotatable bonds is 32. The van der Waals surface area contributed by atoms with E-state index in [1.54, 1.807) is 31.3 Å². The Balaban J connectivity index is 1.20. The molecule has 310 valence electrons. The number of hydrogen-bond acceptors (Lipinski definition) is 4. The molecule has 0 aliphatic heterocycles. The van der Waals surface area contributed by atoms with E-state index in [-0.39, 0.29) is 0 Å². The molecule has 5 aromatic rings. The average Bonchev–Trinajstić information content (AvgIpc) is 4.02. The molecule has 4 heteroatoms. The van der Waals surface area contributed by atoms with E-state index < -0.39 is 0 Å². The molecule has 0 fully saturated rings. The summed E-state index contributed by atoms with van der Waals surface area (Å²) in [6.07, 6.45) is 42.2. The van der Waals surface area contributed by atoms with Gasteiger partial charge in [0.05, 0.1) is 0 Å². The molecule has 0 amide bonds. The van der Waals surface area contributed by atoms with Gasteiger partial charge in [0.1, 0.15) is 0 Å². The lowest BCUT2D eigenvalue weighted by Gasteiger charge is -2.12. The summed E-state index contributed by atoms with van der Waals surface area (Å²) in [7, 11) is 0. The van der Waals surface area contributed by atoms with Crippen LogP contribution in [0, 0.1) is 13.8 Å². The van der Waals surface area contributed by atoms with Gasteiger partial charge in [-0.15, -0.1) is 45.3 Å². The largest absolute Gasteiger partial charge is 0.140 e. The Labute approximate surface area is 360 Å². The van der Waals surface area contributed by atoms with E-state index in [4.69, 9.17) is 0 Å². The van der Waals surface area contributed by atoms with Crippen molar-refractivity contribution in [3.05, 3.63) is 57.3 Å². The van der Waals surface area contributed by atoms with Crippen molar-refractivity contribution in [1.29, 1.82) is 0 Å². The molecule has 0 spiro atoms. The molecular weight excluding hydrogens is 753 g/mol. The van der Waals surface area contributed by atoms with Crippen molar-refractivity contribution in [2.75, 3.05) is 0 Å². The van der Waals surface area contributed by atoms with Gasteiger partial charge in [0, 0.05) is 38.7 Å². The van der Waals surface area contributed by atoms with E-state index in [2.05, 4.69) is 86.8 Å². The van der Waals surface area contributed by atoms with Gasteiger partial charge in [-0.2, -0.15) is 0 Å². The van der Waals surface area contributed by atoms with E-state index in [0.29, 0.717) is 0 Å². The van der Waals surface area contributed by atoms with Crippen molar-refractivity contribution in [3.63, 3.8) is 0 Å². The summed E-state index contributed by atoms with van der Waals surface area (Å²) in [4.78, 5) is 8.70. The Morgan fingerprint density at radius 2 is 0.607 bits per heavy atom. The minimum Gasteiger partial charge on any atom is -0.140 e. The summed E-state index contributed by atoms with van der Waals surface area (Å²) in [6.45, 7) is 9.14. The molecule has 0 aliphatic carbocycles. The van der Waals surface area contributed by atoms with Crippen LogP contribution >= 0.6 is 45.3 Å². The highest BCUT2D eigenvalue weighted by Gasteiger charge is 2.21. The quantitative estimate of drug-likeness (QED) is 0.0379. The zero-order valence-corrected chi connectivity index (χ0v) is 39.6. The molecule has 0 saturated heterocycles. The highest BCUT2D eigenvalue weighted by Crippen LogP contribution is 2.48. The van der Waals surface area contributed by atoms with Gasteiger partial charge >= 0.3 is 0 Å². The Hall–Kier alpha value is -1.46. The topological polar surface area (TPSA) is 0 Å². The summed E-state index contributed by atoms with van der Waals surface area (Å²) in [5.74, 6) is 0. The molecular formula is C52H78S4. The fraction of sp³-hybridized carbons (Fsp3) is 0.654. The van der Waals surface area contributed by atoms with Crippen LogP contribution in [0.2, 0.25) is 0 Å². The van der Waals surface area contributed by atoms with Gasteiger partial charge in [-0.3, -0.25) is 0 Å². The van der Waals surface area contributed by atoms with Crippen molar-refractivity contribution in [2.45, 2.75) is 220 Å². The molecule has 0 radical (unpaired) electrons. The third-order valence-corrected chi connectivity index (χ3v) is 17.0. The predicted octanol–water partition coefficient (Wildman–Crippen LogP) is 20.2. The Morgan fingerprint density at radius 3 is 0.875 bits per heavy atom. The molecule has 0 aliphatic rings. The van der Waals surface area contributed by atoms with E-state index in [0.717, 1.165) is 0 Å². The van der Waals surface area contributed by atoms with Gasteiger partial charge in [-0.25, -0.2) is 0 Å². The van der Waals surface area contributed by atoms with Gasteiger partial charge in [0.15, 0.2) is 0 Å². The minimum atomic E-state index is 1.22. The highest BCUT2D eigenvalue weighted by molar-refractivity contribution is 7.27. The monoisotopic (exact) mass is 830 g/mol. The lowest BCUT2D eigenvalue weighted by Crippen LogP contribution is -1.93. The van der Waals surface area contributed by atoms with Gasteiger partial charge < -0.3 is 0 Å². The third kappa shape index (κ3) is 15.0. The number of benzene rings is 1. The fourth-order valence-electron chi connectivity index (χ4n) is 8.79. The first kappa shape index (κ1) is 45.6. The molecule has 1 aromatic carbocycles. The highest BCUT2D eigenvalue weighted by atomic mass is 32.1. The Morgan fingerprint density at radius 1 is 0.321 bits per heavy atom. The maximum atomic E-state index is 2.60. The zero-order chi connectivity index (χ0) is 39.2. The summed E-state index contributed by atoms with van der Waals surface area (Å²) in [6, 6.07) is 14.6. The molecule has 0 unspecified atom stereocenters. The van der Waals surface area contributed by atoms with Crippen molar-refractivity contribution in [3.8, 4) is 19.5 Å². The van der Waals surface area contributed by atoms with Crippen LogP contribution in [0.1, 0.15) is 215 Å². The van der Waals surface area contributed by atoms with Crippen molar-refractivity contribution >= 4 is 65.5 Å². The summed E-state index contributed by atoms with van der Waals surface area (Å²) < 4.78 is 3.20. The van der Waals surface area contributed by atoms with Crippen LogP contribution in [-0.4, -0.2) is 0 Å². The van der Waals surface area contributed by atoms with Crippen molar-refractivity contribution < 1.29 is 0 Å². The van der Waals surface area contributed by atoms with Gasteiger partial charge in [0.25, 0.3) is 0 Å². The maximum Gasteiger partial charge on any atom is 0.0455 e. The predicted molar refractivity (Wildman–Crippen MR) is 261 cm³/mol. The third-order valence-electron chi connectivity index (χ3n) is 12.2. The van der Waals surface area contributed by atoms with Gasteiger partial charge in [0.2, 0.25) is 0 Å². The molecule has 0 nitrogen and oxygen atoms in total. The Kier molecular flexibility index (Phi) is 21.7. The molecule has 0 bridgehead atoms. The van der Waals surface area contributed by atoms with Crippen LogP contribution < -0.4 is 0 Å². The van der Waals surface area contributed by atoms with Crippen LogP contribution in [-0.2, 0) is 12.8 Å². The van der Waals surface area contributed by atoms with Crippen molar-refractivity contribution in [2.24, 2.45) is 0 Å². The summed E-state index contributed by atoms with van der Waals surface area (Å²) >= 11 is 8.13.